The van der Waals surface area contributed by atoms with Crippen molar-refractivity contribution >= 4 is 52.1 Å². The van der Waals surface area contributed by atoms with Crippen LogP contribution in [0.25, 0.3) is 0 Å². The number of anilines is 1. The summed E-state index contributed by atoms with van der Waals surface area (Å²) in [6.07, 6.45) is 0.769. The molecule has 0 radical (unpaired) electrons. The predicted molar refractivity (Wildman–Crippen MR) is 83.0 cm³/mol. The fourth-order valence-electron chi connectivity index (χ4n) is 2.35. The summed E-state index contributed by atoms with van der Waals surface area (Å²) in [5, 5.41) is 6.04. The maximum atomic E-state index is 6.23. The van der Waals surface area contributed by atoms with Crippen LogP contribution >= 0.6 is 46.4 Å². The van der Waals surface area contributed by atoms with E-state index in [-0.39, 0.29) is 6.04 Å². The fourth-order valence-corrected chi connectivity index (χ4v) is 3.35. The Labute approximate surface area is 131 Å². The zero-order valence-corrected chi connectivity index (χ0v) is 12.7. The van der Waals surface area contributed by atoms with Gasteiger partial charge in [0.25, 0.3) is 0 Å². The molecule has 0 aromatic heterocycles. The SMILES string of the molecule is Clc1cc(Cl)c2c(c1)NC(c1cc(Cl)ccc1Cl)C2. The summed E-state index contributed by atoms with van der Waals surface area (Å²) < 4.78 is 0. The molecule has 0 saturated heterocycles. The predicted octanol–water partition coefficient (Wildman–Crippen LogP) is 6.01. The Hall–Kier alpha value is -0.600. The molecule has 98 valence electrons. The molecule has 0 spiro atoms. The van der Waals surface area contributed by atoms with Crippen molar-refractivity contribution in [3.8, 4) is 0 Å². The molecule has 1 nitrogen and oxygen atoms in total. The number of hydrogen-bond donors (Lipinski definition) is 1. The van der Waals surface area contributed by atoms with Gasteiger partial charge in [0.2, 0.25) is 0 Å². The molecule has 1 aliphatic heterocycles. The molecule has 1 atom stereocenters. The van der Waals surface area contributed by atoms with Crippen LogP contribution < -0.4 is 5.32 Å². The minimum Gasteiger partial charge on any atom is -0.378 e. The lowest BCUT2D eigenvalue weighted by Crippen LogP contribution is -2.06. The standard InChI is InChI=1S/C14H9Cl4N/c15-7-1-2-11(17)9(3-7)14-6-10-12(18)4-8(16)5-13(10)19-14/h1-5,14,19H,6H2. The van der Waals surface area contributed by atoms with Gasteiger partial charge in [-0.05, 0) is 41.5 Å². The van der Waals surface area contributed by atoms with Crippen LogP contribution in [0, 0.1) is 0 Å². The third-order valence-electron chi connectivity index (χ3n) is 3.23. The molecule has 1 heterocycles. The van der Waals surface area contributed by atoms with E-state index in [9.17, 15) is 0 Å². The molecule has 1 unspecified atom stereocenters. The van der Waals surface area contributed by atoms with Crippen LogP contribution in [-0.4, -0.2) is 0 Å². The van der Waals surface area contributed by atoms with E-state index in [0.29, 0.717) is 20.1 Å². The molecule has 0 bridgehead atoms. The number of rotatable bonds is 1. The molecule has 1 N–H and O–H groups in total. The van der Waals surface area contributed by atoms with Crippen LogP contribution in [0.5, 0.6) is 0 Å². The van der Waals surface area contributed by atoms with Crippen molar-refractivity contribution in [2.75, 3.05) is 5.32 Å². The highest BCUT2D eigenvalue weighted by Crippen LogP contribution is 2.42. The molecule has 1 aliphatic rings. The summed E-state index contributed by atoms with van der Waals surface area (Å²) in [4.78, 5) is 0. The Morgan fingerprint density at radius 1 is 0.895 bits per heavy atom. The fraction of sp³-hybridized carbons (Fsp3) is 0.143. The third-order valence-corrected chi connectivity index (χ3v) is 4.37. The lowest BCUT2D eigenvalue weighted by Gasteiger charge is -2.13. The Balaban J connectivity index is 2.00. The minimum atomic E-state index is 0.0668. The summed E-state index contributed by atoms with van der Waals surface area (Å²) in [6, 6.07) is 9.16. The number of benzene rings is 2. The normalized spacial score (nSPS) is 17.2. The van der Waals surface area contributed by atoms with Gasteiger partial charge >= 0.3 is 0 Å². The van der Waals surface area contributed by atoms with Gasteiger partial charge in [-0.25, -0.2) is 0 Å². The summed E-state index contributed by atoms with van der Waals surface area (Å²) >= 11 is 24.5. The Morgan fingerprint density at radius 3 is 2.47 bits per heavy atom. The van der Waals surface area contributed by atoms with Crippen LogP contribution in [0.3, 0.4) is 0 Å². The first-order valence-electron chi connectivity index (χ1n) is 5.74. The van der Waals surface area contributed by atoms with E-state index in [4.69, 9.17) is 46.4 Å². The number of nitrogens with one attached hydrogen (secondary N) is 1. The van der Waals surface area contributed by atoms with Gasteiger partial charge in [-0.3, -0.25) is 0 Å². The average Bonchev–Trinajstić information content (AvgIpc) is 2.76. The topological polar surface area (TPSA) is 12.0 Å². The second-order valence-electron chi connectivity index (χ2n) is 4.48. The first-order valence-corrected chi connectivity index (χ1v) is 7.25. The monoisotopic (exact) mass is 331 g/mol. The minimum absolute atomic E-state index is 0.0668. The van der Waals surface area contributed by atoms with Gasteiger partial charge in [0.1, 0.15) is 0 Å². The summed E-state index contributed by atoms with van der Waals surface area (Å²) in [5.74, 6) is 0. The zero-order chi connectivity index (χ0) is 13.6. The van der Waals surface area contributed by atoms with Crippen molar-refractivity contribution in [2.24, 2.45) is 0 Å². The van der Waals surface area contributed by atoms with Crippen LogP contribution in [0.1, 0.15) is 17.2 Å². The third kappa shape index (κ3) is 2.53. The highest BCUT2D eigenvalue weighted by Gasteiger charge is 2.26. The molecular weight excluding hydrogens is 324 g/mol. The van der Waals surface area contributed by atoms with Gasteiger partial charge in [-0.2, -0.15) is 0 Å². The van der Waals surface area contributed by atoms with Crippen molar-refractivity contribution in [1.29, 1.82) is 0 Å². The van der Waals surface area contributed by atoms with E-state index in [1.807, 2.05) is 12.1 Å². The summed E-state index contributed by atoms with van der Waals surface area (Å²) in [6.45, 7) is 0. The number of fused-ring (bicyclic) bond motifs is 1. The van der Waals surface area contributed by atoms with Crippen molar-refractivity contribution in [2.45, 2.75) is 12.5 Å². The van der Waals surface area contributed by atoms with E-state index in [1.165, 1.54) is 0 Å². The van der Waals surface area contributed by atoms with Crippen LogP contribution in [0.15, 0.2) is 30.3 Å². The van der Waals surface area contributed by atoms with Crippen LogP contribution in [-0.2, 0) is 6.42 Å². The molecule has 3 rings (SSSR count). The summed E-state index contributed by atoms with van der Waals surface area (Å²) in [5.41, 5.74) is 2.99. The quantitative estimate of drug-likeness (QED) is 0.674. The van der Waals surface area contributed by atoms with Crippen molar-refractivity contribution in [3.63, 3.8) is 0 Å². The van der Waals surface area contributed by atoms with E-state index in [1.54, 1.807) is 18.2 Å². The first kappa shape index (κ1) is 13.4. The van der Waals surface area contributed by atoms with Crippen molar-refractivity contribution in [3.05, 3.63) is 61.5 Å². The molecule has 2 aromatic rings. The van der Waals surface area contributed by atoms with E-state index < -0.39 is 0 Å². The largest absolute Gasteiger partial charge is 0.378 e. The van der Waals surface area contributed by atoms with Crippen molar-refractivity contribution < 1.29 is 0 Å². The maximum Gasteiger partial charge on any atom is 0.0570 e. The number of hydrogen-bond acceptors (Lipinski definition) is 1. The van der Waals surface area contributed by atoms with Gasteiger partial charge in [0, 0.05) is 32.2 Å². The van der Waals surface area contributed by atoms with Gasteiger partial charge < -0.3 is 5.32 Å². The lowest BCUT2D eigenvalue weighted by atomic mass is 10.0. The van der Waals surface area contributed by atoms with Gasteiger partial charge in [0.15, 0.2) is 0 Å². The number of halogens is 4. The van der Waals surface area contributed by atoms with Crippen LogP contribution in [0.2, 0.25) is 20.1 Å². The van der Waals surface area contributed by atoms with Crippen molar-refractivity contribution in [1.82, 2.24) is 0 Å². The Kier molecular flexibility index (Phi) is 3.57. The summed E-state index contributed by atoms with van der Waals surface area (Å²) in [7, 11) is 0. The second kappa shape index (κ2) is 5.06. The molecular formula is C14H9Cl4N. The zero-order valence-electron chi connectivity index (χ0n) is 9.68. The molecule has 0 amide bonds. The Bertz CT molecular complexity index is 654. The molecule has 5 heteroatoms. The van der Waals surface area contributed by atoms with E-state index >= 15 is 0 Å². The van der Waals surface area contributed by atoms with E-state index in [2.05, 4.69) is 5.32 Å². The lowest BCUT2D eigenvalue weighted by molar-refractivity contribution is 0.825. The van der Waals surface area contributed by atoms with Gasteiger partial charge in [-0.15, -0.1) is 0 Å². The highest BCUT2D eigenvalue weighted by atomic mass is 35.5. The highest BCUT2D eigenvalue weighted by molar-refractivity contribution is 6.36. The average molecular weight is 333 g/mol. The second-order valence-corrected chi connectivity index (χ2v) is 6.17. The molecule has 0 fully saturated rings. The Morgan fingerprint density at radius 2 is 1.68 bits per heavy atom. The molecule has 0 saturated carbocycles. The van der Waals surface area contributed by atoms with Crippen LogP contribution in [0.4, 0.5) is 5.69 Å². The molecule has 0 aliphatic carbocycles. The maximum absolute atomic E-state index is 6.23. The van der Waals surface area contributed by atoms with E-state index in [0.717, 1.165) is 23.2 Å². The van der Waals surface area contributed by atoms with Gasteiger partial charge in [-0.1, -0.05) is 46.4 Å². The van der Waals surface area contributed by atoms with Gasteiger partial charge in [0.05, 0.1) is 6.04 Å². The molecule has 19 heavy (non-hydrogen) atoms. The molecule has 2 aromatic carbocycles. The smallest absolute Gasteiger partial charge is 0.0570 e. The first-order chi connectivity index (χ1) is 9.04.